The smallest absolute Gasteiger partial charge is 0.313 e. The lowest BCUT2D eigenvalue weighted by atomic mass is 10.2. The van der Waals surface area contributed by atoms with E-state index in [9.17, 15) is 15.2 Å². The summed E-state index contributed by atoms with van der Waals surface area (Å²) in [5.74, 6) is -0.285. The molecule has 0 saturated carbocycles. The molecule has 0 radical (unpaired) electrons. The third kappa shape index (κ3) is 3.05. The highest BCUT2D eigenvalue weighted by atomic mass is 16.6. The van der Waals surface area contributed by atoms with Crippen LogP contribution in [0.2, 0.25) is 0 Å². The fraction of sp³-hybridized carbons (Fsp3) is 0. The second kappa shape index (κ2) is 6.06. The summed E-state index contributed by atoms with van der Waals surface area (Å²) in [6.07, 6.45) is 2.55. The Morgan fingerprint density at radius 2 is 2.00 bits per heavy atom. The van der Waals surface area contributed by atoms with E-state index in [2.05, 4.69) is 15.0 Å². The van der Waals surface area contributed by atoms with E-state index >= 15 is 0 Å². The molecule has 1 aromatic carbocycles. The van der Waals surface area contributed by atoms with Gasteiger partial charge in [0.1, 0.15) is 0 Å². The van der Waals surface area contributed by atoms with Gasteiger partial charge in [0, 0.05) is 17.8 Å². The number of hydrogen-bond donors (Lipinski definition) is 1. The molecular weight excluding hydrogens is 300 g/mol. The number of aromatic nitrogens is 2. The summed E-state index contributed by atoms with van der Waals surface area (Å²) < 4.78 is 5.17. The first-order valence-electron chi connectivity index (χ1n) is 6.54. The number of rotatable bonds is 4. The van der Waals surface area contributed by atoms with Gasteiger partial charge in [0.25, 0.3) is 0 Å². The third-order valence-electron chi connectivity index (χ3n) is 2.93. The average Bonchev–Trinajstić information content (AvgIpc) is 2.95. The fourth-order valence-corrected chi connectivity index (χ4v) is 1.86. The monoisotopic (exact) mass is 310 g/mol. The molecule has 0 aliphatic heterocycles. The average molecular weight is 310 g/mol. The third-order valence-corrected chi connectivity index (χ3v) is 2.93. The quantitative estimate of drug-likeness (QED) is 0.450. The van der Waals surface area contributed by atoms with E-state index in [1.165, 1.54) is 24.5 Å². The van der Waals surface area contributed by atoms with Crippen LogP contribution in [0.5, 0.6) is 5.95 Å². The van der Waals surface area contributed by atoms with Gasteiger partial charge in [0.2, 0.25) is 11.7 Å². The molecule has 0 saturated heterocycles. The summed E-state index contributed by atoms with van der Waals surface area (Å²) in [4.78, 5) is 22.2. The van der Waals surface area contributed by atoms with Crippen molar-refractivity contribution in [1.29, 1.82) is 0 Å². The minimum Gasteiger partial charge on any atom is -0.479 e. The number of nitro groups is 1. The van der Waals surface area contributed by atoms with E-state index in [1.807, 2.05) is 18.2 Å². The molecule has 8 heteroatoms. The first kappa shape index (κ1) is 14.4. The van der Waals surface area contributed by atoms with Crippen molar-refractivity contribution in [2.45, 2.75) is 0 Å². The van der Waals surface area contributed by atoms with Gasteiger partial charge in [-0.25, -0.2) is 15.0 Å². The van der Waals surface area contributed by atoms with Crippen LogP contribution in [-0.4, -0.2) is 26.2 Å². The van der Waals surface area contributed by atoms with Crippen molar-refractivity contribution in [3.63, 3.8) is 0 Å². The van der Waals surface area contributed by atoms with Crippen LogP contribution >= 0.6 is 0 Å². The van der Waals surface area contributed by atoms with Crippen LogP contribution in [0, 0.1) is 10.1 Å². The van der Waals surface area contributed by atoms with Gasteiger partial charge in [-0.2, -0.15) is 0 Å². The molecule has 8 nitrogen and oxygen atoms in total. The number of benzene rings is 1. The number of pyridine rings is 1. The van der Waals surface area contributed by atoms with Crippen molar-refractivity contribution in [2.75, 3.05) is 0 Å². The maximum Gasteiger partial charge on any atom is 0.313 e. The maximum absolute atomic E-state index is 10.9. The zero-order chi connectivity index (χ0) is 16.2. The van der Waals surface area contributed by atoms with E-state index < -0.39 is 10.9 Å². The van der Waals surface area contributed by atoms with Gasteiger partial charge >= 0.3 is 11.6 Å². The standard InChI is InChI=1S/C15H10N4O4/c20-15-11(18-14(23-15)10-5-2-1-3-6-10)9-17-13-12(19(21)22)7-4-8-16-13/h1-9,20H/b17-9+. The molecule has 0 bridgehead atoms. The van der Waals surface area contributed by atoms with E-state index in [0.29, 0.717) is 5.56 Å². The molecule has 2 aromatic heterocycles. The topological polar surface area (TPSA) is 115 Å². The first-order chi connectivity index (χ1) is 11.1. The van der Waals surface area contributed by atoms with Crippen LogP contribution in [-0.2, 0) is 0 Å². The molecule has 0 atom stereocenters. The Balaban J connectivity index is 1.92. The van der Waals surface area contributed by atoms with Crippen molar-refractivity contribution in [3.8, 4) is 17.4 Å². The molecule has 3 aromatic rings. The minimum absolute atomic E-state index is 0.0591. The highest BCUT2D eigenvalue weighted by Crippen LogP contribution is 2.27. The summed E-state index contributed by atoms with van der Waals surface area (Å²) in [5, 5.41) is 20.7. The van der Waals surface area contributed by atoms with Crippen molar-refractivity contribution in [2.24, 2.45) is 4.99 Å². The largest absolute Gasteiger partial charge is 0.479 e. The predicted molar refractivity (Wildman–Crippen MR) is 81.7 cm³/mol. The minimum atomic E-state index is -0.586. The van der Waals surface area contributed by atoms with E-state index in [-0.39, 0.29) is 23.1 Å². The van der Waals surface area contributed by atoms with E-state index in [1.54, 1.807) is 12.1 Å². The summed E-state index contributed by atoms with van der Waals surface area (Å²) in [5.41, 5.74) is 0.505. The Morgan fingerprint density at radius 3 is 2.74 bits per heavy atom. The first-order valence-corrected chi connectivity index (χ1v) is 6.54. The molecule has 0 aliphatic rings. The van der Waals surface area contributed by atoms with Crippen molar-refractivity contribution < 1.29 is 14.4 Å². The molecule has 23 heavy (non-hydrogen) atoms. The van der Waals surface area contributed by atoms with Gasteiger partial charge in [0.05, 0.1) is 11.1 Å². The highest BCUT2D eigenvalue weighted by Gasteiger charge is 2.15. The second-order valence-electron chi connectivity index (χ2n) is 4.44. The molecular formula is C15H10N4O4. The van der Waals surface area contributed by atoms with Crippen LogP contribution < -0.4 is 0 Å². The number of aliphatic imine (C=N–C) groups is 1. The Morgan fingerprint density at radius 1 is 1.22 bits per heavy atom. The van der Waals surface area contributed by atoms with Crippen LogP contribution in [0.1, 0.15) is 5.69 Å². The van der Waals surface area contributed by atoms with Crippen molar-refractivity contribution >= 4 is 17.7 Å². The molecule has 2 heterocycles. The summed E-state index contributed by atoms with van der Waals surface area (Å²) in [6, 6.07) is 11.7. The zero-order valence-corrected chi connectivity index (χ0v) is 11.7. The predicted octanol–water partition coefficient (Wildman–Crippen LogP) is 3.10. The Kier molecular flexibility index (Phi) is 3.79. The Hall–Kier alpha value is -3.55. The second-order valence-corrected chi connectivity index (χ2v) is 4.44. The van der Waals surface area contributed by atoms with Gasteiger partial charge in [-0.1, -0.05) is 18.2 Å². The van der Waals surface area contributed by atoms with Crippen molar-refractivity contribution in [1.82, 2.24) is 9.97 Å². The lowest BCUT2D eigenvalue weighted by Crippen LogP contribution is -1.90. The molecule has 0 amide bonds. The number of aromatic hydroxyl groups is 1. The Bertz CT molecular complexity index is 874. The molecule has 0 fully saturated rings. The maximum atomic E-state index is 10.9. The van der Waals surface area contributed by atoms with Crippen LogP contribution in [0.3, 0.4) is 0 Å². The lowest BCUT2D eigenvalue weighted by molar-refractivity contribution is -0.384. The molecule has 0 spiro atoms. The normalized spacial score (nSPS) is 11.0. The number of hydrogen-bond acceptors (Lipinski definition) is 7. The fourth-order valence-electron chi connectivity index (χ4n) is 1.86. The van der Waals surface area contributed by atoms with Gasteiger partial charge in [-0.3, -0.25) is 10.1 Å². The van der Waals surface area contributed by atoms with Crippen LogP contribution in [0.4, 0.5) is 11.5 Å². The number of oxazole rings is 1. The van der Waals surface area contributed by atoms with Crippen LogP contribution in [0.25, 0.3) is 11.5 Å². The van der Waals surface area contributed by atoms with E-state index in [0.717, 1.165) is 0 Å². The Labute approximate surface area is 129 Å². The van der Waals surface area contributed by atoms with Gasteiger partial charge in [-0.15, -0.1) is 0 Å². The van der Waals surface area contributed by atoms with Gasteiger partial charge in [0.15, 0.2) is 5.69 Å². The van der Waals surface area contributed by atoms with Gasteiger partial charge < -0.3 is 9.52 Å². The van der Waals surface area contributed by atoms with Crippen LogP contribution in [0.15, 0.2) is 58.1 Å². The molecule has 3 rings (SSSR count). The molecule has 1 N–H and O–H groups in total. The molecule has 114 valence electrons. The van der Waals surface area contributed by atoms with Crippen molar-refractivity contribution in [3.05, 3.63) is 64.5 Å². The molecule has 0 aliphatic carbocycles. The number of nitrogens with zero attached hydrogens (tertiary/aromatic N) is 4. The summed E-state index contributed by atoms with van der Waals surface area (Å²) in [6.45, 7) is 0. The summed E-state index contributed by atoms with van der Waals surface area (Å²) >= 11 is 0. The zero-order valence-electron chi connectivity index (χ0n) is 11.7. The summed E-state index contributed by atoms with van der Waals surface area (Å²) in [7, 11) is 0. The lowest BCUT2D eigenvalue weighted by Gasteiger charge is -1.94. The van der Waals surface area contributed by atoms with E-state index in [4.69, 9.17) is 4.42 Å². The SMILES string of the molecule is O=[N+]([O-])c1cccnc1/N=C/c1nc(-c2ccccc2)oc1O. The highest BCUT2D eigenvalue weighted by molar-refractivity contribution is 5.83. The van der Waals surface area contributed by atoms with Gasteiger partial charge in [-0.05, 0) is 18.2 Å². The molecule has 0 unspecified atom stereocenters.